The number of hydrogen-bond donors (Lipinski definition) is 2. The van der Waals surface area contributed by atoms with Crippen LogP contribution in [-0.2, 0) is 14.8 Å². The Morgan fingerprint density at radius 2 is 2.22 bits per heavy atom. The highest BCUT2D eigenvalue weighted by molar-refractivity contribution is 7.90. The van der Waals surface area contributed by atoms with Gasteiger partial charge in [-0.2, -0.15) is 0 Å². The van der Waals surface area contributed by atoms with Crippen molar-refractivity contribution in [2.45, 2.75) is 23.8 Å². The number of carbonyl (C=O) groups is 1. The smallest absolute Gasteiger partial charge is 0.263 e. The molecule has 0 saturated carbocycles. The van der Waals surface area contributed by atoms with Gasteiger partial charge in [0.05, 0.1) is 4.90 Å². The summed E-state index contributed by atoms with van der Waals surface area (Å²) in [6.07, 6.45) is 2.02. The number of nitrogens with one attached hydrogen (secondary N) is 2. The molecule has 2 N–H and O–H groups in total. The first-order valence-electron chi connectivity index (χ1n) is 7.63. The summed E-state index contributed by atoms with van der Waals surface area (Å²) in [7, 11) is -1.66. The van der Waals surface area contributed by atoms with E-state index in [0.717, 1.165) is 19.4 Å². The first-order chi connectivity index (χ1) is 11.0. The van der Waals surface area contributed by atoms with E-state index in [2.05, 4.69) is 15.0 Å². The number of benzene rings is 1. The largest absolute Gasteiger partial charge is 0.340 e. The van der Waals surface area contributed by atoms with Crippen molar-refractivity contribution in [1.82, 2.24) is 14.9 Å². The zero-order valence-electron chi connectivity index (χ0n) is 12.9. The molecule has 124 valence electrons. The van der Waals surface area contributed by atoms with Gasteiger partial charge in [0.15, 0.2) is 0 Å². The fourth-order valence-corrected chi connectivity index (χ4v) is 4.19. The molecule has 1 aromatic rings. The van der Waals surface area contributed by atoms with Crippen LogP contribution in [-0.4, -0.2) is 57.8 Å². The molecule has 0 spiro atoms. The van der Waals surface area contributed by atoms with Crippen LogP contribution in [0, 0.1) is 0 Å². The van der Waals surface area contributed by atoms with Crippen molar-refractivity contribution in [3.8, 4) is 0 Å². The quantitative estimate of drug-likeness (QED) is 0.809. The third kappa shape index (κ3) is 3.23. The van der Waals surface area contributed by atoms with Crippen LogP contribution < -0.4 is 10.0 Å². The van der Waals surface area contributed by atoms with Crippen LogP contribution in [0.15, 0.2) is 34.2 Å². The van der Waals surface area contributed by atoms with Crippen molar-refractivity contribution in [3.05, 3.63) is 29.8 Å². The Morgan fingerprint density at radius 3 is 3.00 bits per heavy atom. The highest BCUT2D eigenvalue weighted by Gasteiger charge is 2.30. The molecular weight excluding hydrogens is 316 g/mol. The van der Waals surface area contributed by atoms with Gasteiger partial charge in [0.1, 0.15) is 12.4 Å². The van der Waals surface area contributed by atoms with Crippen LogP contribution in [0.1, 0.15) is 18.4 Å². The Balaban J connectivity index is 1.73. The maximum atomic E-state index is 12.3. The Hall–Kier alpha value is -1.93. The zero-order valence-corrected chi connectivity index (χ0v) is 13.8. The average Bonchev–Trinajstić information content (AvgIpc) is 2.84. The number of likely N-dealkylation sites (N-methyl/N-ethyl adjacent to an activating group) is 1. The second kappa shape index (κ2) is 6.29. The Bertz CT molecular complexity index is 745. The van der Waals surface area contributed by atoms with E-state index in [1.165, 1.54) is 6.07 Å². The molecule has 2 aliphatic heterocycles. The minimum Gasteiger partial charge on any atom is -0.340 e. The molecule has 2 heterocycles. The van der Waals surface area contributed by atoms with Crippen LogP contribution in [0.2, 0.25) is 0 Å². The van der Waals surface area contributed by atoms with Gasteiger partial charge in [-0.3, -0.25) is 14.5 Å². The number of likely N-dealkylation sites (tertiary alicyclic amines) is 1. The number of carbonyl (C=O) groups excluding carboxylic acids is 1. The Kier molecular flexibility index (Phi) is 4.36. The Labute approximate surface area is 135 Å². The maximum Gasteiger partial charge on any atom is 0.263 e. The van der Waals surface area contributed by atoms with Gasteiger partial charge >= 0.3 is 0 Å². The highest BCUT2D eigenvalue weighted by Crippen LogP contribution is 2.22. The topological polar surface area (TPSA) is 90.9 Å². The zero-order chi connectivity index (χ0) is 16.4. The van der Waals surface area contributed by atoms with Crippen LogP contribution in [0.3, 0.4) is 0 Å². The van der Waals surface area contributed by atoms with Crippen molar-refractivity contribution < 1.29 is 13.2 Å². The van der Waals surface area contributed by atoms with Crippen molar-refractivity contribution in [3.63, 3.8) is 0 Å². The summed E-state index contributed by atoms with van der Waals surface area (Å²) in [5, 5.41) is 3.19. The highest BCUT2D eigenvalue weighted by atomic mass is 32.2. The second-order valence-corrected chi connectivity index (χ2v) is 7.38. The summed E-state index contributed by atoms with van der Waals surface area (Å²) >= 11 is 0. The first kappa shape index (κ1) is 15.9. The third-order valence-corrected chi connectivity index (χ3v) is 5.61. The molecule has 0 radical (unpaired) electrons. The van der Waals surface area contributed by atoms with E-state index in [0.29, 0.717) is 18.2 Å². The van der Waals surface area contributed by atoms with E-state index in [4.69, 9.17) is 0 Å². The van der Waals surface area contributed by atoms with Crippen molar-refractivity contribution in [1.29, 1.82) is 0 Å². The van der Waals surface area contributed by atoms with Crippen LogP contribution >= 0.6 is 0 Å². The average molecular weight is 336 g/mol. The molecule has 0 aliphatic carbocycles. The minimum atomic E-state index is -3.56. The van der Waals surface area contributed by atoms with E-state index in [1.807, 2.05) is 7.05 Å². The summed E-state index contributed by atoms with van der Waals surface area (Å²) in [6.45, 7) is 1.34. The number of amides is 1. The van der Waals surface area contributed by atoms with E-state index in [-0.39, 0.29) is 23.2 Å². The number of rotatable bonds is 3. The Morgan fingerprint density at radius 1 is 1.43 bits per heavy atom. The molecule has 1 saturated heterocycles. The second-order valence-electron chi connectivity index (χ2n) is 5.73. The van der Waals surface area contributed by atoms with E-state index in [9.17, 15) is 13.2 Å². The summed E-state index contributed by atoms with van der Waals surface area (Å²) in [5.74, 6) is 0.164. The maximum absolute atomic E-state index is 12.3. The molecule has 1 unspecified atom stereocenters. The summed E-state index contributed by atoms with van der Waals surface area (Å²) in [4.78, 5) is 18.5. The molecule has 1 atom stereocenters. The molecule has 3 rings (SSSR count). The van der Waals surface area contributed by atoms with Crippen molar-refractivity contribution in [2.75, 3.05) is 26.7 Å². The summed E-state index contributed by atoms with van der Waals surface area (Å²) in [5.41, 5.74) is 0.520. The molecule has 2 aliphatic rings. The summed E-state index contributed by atoms with van der Waals surface area (Å²) in [6, 6.07) is 6.95. The lowest BCUT2D eigenvalue weighted by Gasteiger charge is -2.32. The number of fused-ring (bicyclic) bond motifs is 1. The molecule has 7 nitrogen and oxygen atoms in total. The van der Waals surface area contributed by atoms with E-state index >= 15 is 0 Å². The monoisotopic (exact) mass is 336 g/mol. The number of amidine groups is 1. The molecule has 1 fully saturated rings. The normalized spacial score (nSPS) is 24.3. The molecule has 1 amide bonds. The van der Waals surface area contributed by atoms with Crippen molar-refractivity contribution >= 4 is 21.8 Å². The molecule has 23 heavy (non-hydrogen) atoms. The lowest BCUT2D eigenvalue weighted by Crippen LogP contribution is -2.47. The first-order valence-corrected chi connectivity index (χ1v) is 9.11. The van der Waals surface area contributed by atoms with Crippen molar-refractivity contribution in [2.24, 2.45) is 4.99 Å². The predicted molar refractivity (Wildman–Crippen MR) is 86.8 cm³/mol. The number of sulfonamides is 1. The van der Waals surface area contributed by atoms with Gasteiger partial charge in [0, 0.05) is 24.7 Å². The SMILES string of the molecule is CNC1CCCN(C(=O)CN=C2NS(=O)(=O)c3ccccc32)C1. The number of nitrogens with zero attached hydrogens (tertiary/aromatic N) is 2. The van der Waals surface area contributed by atoms with Gasteiger partial charge in [-0.15, -0.1) is 0 Å². The van der Waals surface area contributed by atoms with Crippen LogP contribution in [0.25, 0.3) is 0 Å². The molecule has 1 aromatic carbocycles. The van der Waals surface area contributed by atoms with Crippen LogP contribution in [0.5, 0.6) is 0 Å². The van der Waals surface area contributed by atoms with Gasteiger partial charge in [0.2, 0.25) is 5.91 Å². The minimum absolute atomic E-state index is 0.0530. The fourth-order valence-electron chi connectivity index (χ4n) is 2.94. The predicted octanol–water partition coefficient (Wildman–Crippen LogP) is -0.0645. The van der Waals surface area contributed by atoms with Gasteiger partial charge in [-0.25, -0.2) is 8.42 Å². The lowest BCUT2D eigenvalue weighted by molar-refractivity contribution is -0.130. The van der Waals surface area contributed by atoms with Gasteiger partial charge < -0.3 is 10.2 Å². The molecular formula is C15H20N4O3S. The third-order valence-electron chi connectivity index (χ3n) is 4.22. The molecule has 0 bridgehead atoms. The van der Waals surface area contributed by atoms with E-state index in [1.54, 1.807) is 23.1 Å². The lowest BCUT2D eigenvalue weighted by atomic mass is 10.1. The van der Waals surface area contributed by atoms with Gasteiger partial charge in [-0.05, 0) is 32.0 Å². The van der Waals surface area contributed by atoms with Crippen LogP contribution in [0.4, 0.5) is 0 Å². The molecule has 8 heteroatoms. The number of piperidine rings is 1. The van der Waals surface area contributed by atoms with Gasteiger partial charge in [-0.1, -0.05) is 12.1 Å². The number of aliphatic imine (C=N–C) groups is 1. The number of hydrogen-bond acceptors (Lipinski definition) is 5. The molecule has 0 aromatic heterocycles. The van der Waals surface area contributed by atoms with E-state index < -0.39 is 10.0 Å². The fraction of sp³-hybridized carbons (Fsp3) is 0.467. The summed E-state index contributed by atoms with van der Waals surface area (Å²) < 4.78 is 26.4. The standard InChI is InChI=1S/C15H20N4O3S/c1-16-11-5-4-8-19(10-11)14(20)9-17-15-12-6-2-3-7-13(12)23(21,22)18-15/h2-3,6-7,11,16H,4-5,8-10H2,1H3,(H,17,18). The van der Waals surface area contributed by atoms with Gasteiger partial charge in [0.25, 0.3) is 10.0 Å².